The lowest BCUT2D eigenvalue weighted by Crippen LogP contribution is -2.43. The molecule has 0 aromatic carbocycles. The Balaban J connectivity index is 3.68. The maximum absolute atomic E-state index is 11.4. The molecular formula is C10H21N3O3. The minimum absolute atomic E-state index is 0.0225. The van der Waals surface area contributed by atoms with Crippen molar-refractivity contribution in [1.29, 1.82) is 0 Å². The fourth-order valence-corrected chi connectivity index (χ4v) is 1.26. The second-order valence-electron chi connectivity index (χ2n) is 3.88. The van der Waals surface area contributed by atoms with Crippen LogP contribution in [0.15, 0.2) is 0 Å². The quantitative estimate of drug-likeness (QED) is 0.499. The van der Waals surface area contributed by atoms with Crippen LogP contribution in [0.1, 0.15) is 20.3 Å². The number of nitrogens with two attached hydrogens (primary N) is 1. The highest BCUT2D eigenvalue weighted by Crippen LogP contribution is 1.88. The zero-order valence-corrected chi connectivity index (χ0v) is 10.1. The molecule has 0 heterocycles. The molecule has 16 heavy (non-hydrogen) atoms. The monoisotopic (exact) mass is 231 g/mol. The minimum Gasteiger partial charge on any atom is -0.383 e. The predicted molar refractivity (Wildman–Crippen MR) is 60.8 cm³/mol. The van der Waals surface area contributed by atoms with E-state index in [1.54, 1.807) is 14.0 Å². The van der Waals surface area contributed by atoms with Gasteiger partial charge in [0.25, 0.3) is 0 Å². The third-order valence-corrected chi connectivity index (χ3v) is 1.94. The average molecular weight is 231 g/mol. The molecule has 0 aromatic rings. The van der Waals surface area contributed by atoms with Crippen molar-refractivity contribution < 1.29 is 14.3 Å². The highest BCUT2D eigenvalue weighted by Gasteiger charge is 2.09. The fourth-order valence-electron chi connectivity index (χ4n) is 1.26. The average Bonchev–Trinajstić information content (AvgIpc) is 2.14. The van der Waals surface area contributed by atoms with Crippen molar-refractivity contribution in [2.45, 2.75) is 32.4 Å². The van der Waals surface area contributed by atoms with E-state index < -0.39 is 0 Å². The third kappa shape index (κ3) is 8.19. The standard InChI is InChI=1S/C10H21N3O3/c1-7(4-9(11)14)12-5-10(15)13-8(2)6-16-3/h7-8,12H,4-6H2,1-3H3,(H2,11,14)(H,13,15). The maximum Gasteiger partial charge on any atom is 0.234 e. The number of methoxy groups -OCH3 is 1. The lowest BCUT2D eigenvalue weighted by molar-refractivity contribution is -0.122. The van der Waals surface area contributed by atoms with Crippen molar-refractivity contribution in [3.8, 4) is 0 Å². The summed E-state index contributed by atoms with van der Waals surface area (Å²) in [6.07, 6.45) is 0.223. The van der Waals surface area contributed by atoms with E-state index in [0.29, 0.717) is 6.61 Å². The summed E-state index contributed by atoms with van der Waals surface area (Å²) in [6.45, 7) is 4.30. The van der Waals surface area contributed by atoms with Gasteiger partial charge >= 0.3 is 0 Å². The zero-order chi connectivity index (χ0) is 12.6. The Labute approximate surface area is 95.9 Å². The topological polar surface area (TPSA) is 93.4 Å². The SMILES string of the molecule is COCC(C)NC(=O)CNC(C)CC(N)=O. The predicted octanol–water partition coefficient (Wildman–Crippen LogP) is -1.01. The lowest BCUT2D eigenvalue weighted by Gasteiger charge is -2.15. The molecule has 0 saturated carbocycles. The van der Waals surface area contributed by atoms with Crippen molar-refractivity contribution in [2.24, 2.45) is 5.73 Å². The highest BCUT2D eigenvalue weighted by molar-refractivity contribution is 5.78. The smallest absolute Gasteiger partial charge is 0.234 e. The van der Waals surface area contributed by atoms with Gasteiger partial charge in [-0.2, -0.15) is 0 Å². The molecule has 2 unspecified atom stereocenters. The van der Waals surface area contributed by atoms with Gasteiger partial charge in [-0.25, -0.2) is 0 Å². The Morgan fingerprint density at radius 1 is 1.31 bits per heavy atom. The second-order valence-corrected chi connectivity index (χ2v) is 3.88. The van der Waals surface area contributed by atoms with Crippen LogP contribution in [0, 0.1) is 0 Å². The molecule has 0 aromatic heterocycles. The van der Waals surface area contributed by atoms with E-state index in [0.717, 1.165) is 0 Å². The van der Waals surface area contributed by atoms with Crippen LogP contribution in [0.2, 0.25) is 0 Å². The second kappa shape index (κ2) is 8.06. The summed E-state index contributed by atoms with van der Waals surface area (Å²) in [5.41, 5.74) is 5.02. The third-order valence-electron chi connectivity index (χ3n) is 1.94. The number of nitrogens with one attached hydrogen (secondary N) is 2. The molecule has 0 aliphatic carbocycles. The number of hydrogen-bond acceptors (Lipinski definition) is 4. The Morgan fingerprint density at radius 2 is 1.94 bits per heavy atom. The van der Waals surface area contributed by atoms with Crippen LogP contribution in [0.3, 0.4) is 0 Å². The molecule has 94 valence electrons. The molecule has 0 aliphatic heterocycles. The van der Waals surface area contributed by atoms with Gasteiger partial charge < -0.3 is 21.1 Å². The van der Waals surface area contributed by atoms with Crippen molar-refractivity contribution in [2.75, 3.05) is 20.3 Å². The first kappa shape index (κ1) is 14.9. The van der Waals surface area contributed by atoms with Crippen LogP contribution in [-0.2, 0) is 14.3 Å². The summed E-state index contributed by atoms with van der Waals surface area (Å²) < 4.78 is 4.89. The first-order valence-electron chi connectivity index (χ1n) is 5.25. The van der Waals surface area contributed by atoms with Gasteiger partial charge in [0.05, 0.1) is 13.2 Å². The molecule has 2 amide bonds. The number of carbonyl (C=O) groups excluding carboxylic acids is 2. The van der Waals surface area contributed by atoms with Gasteiger partial charge in [0, 0.05) is 25.6 Å². The molecule has 0 spiro atoms. The van der Waals surface area contributed by atoms with Gasteiger partial charge in [0.2, 0.25) is 11.8 Å². The molecule has 0 radical (unpaired) electrons. The lowest BCUT2D eigenvalue weighted by atomic mass is 10.2. The van der Waals surface area contributed by atoms with E-state index >= 15 is 0 Å². The van der Waals surface area contributed by atoms with E-state index in [1.807, 2.05) is 6.92 Å². The number of amides is 2. The van der Waals surface area contributed by atoms with Gasteiger partial charge in [-0.3, -0.25) is 9.59 Å². The Hall–Kier alpha value is -1.14. The van der Waals surface area contributed by atoms with Gasteiger partial charge in [0.1, 0.15) is 0 Å². The first-order chi connectivity index (χ1) is 7.45. The summed E-state index contributed by atoms with van der Waals surface area (Å²) >= 11 is 0. The number of rotatable bonds is 8. The molecule has 6 nitrogen and oxygen atoms in total. The van der Waals surface area contributed by atoms with Crippen LogP contribution < -0.4 is 16.4 Å². The molecule has 0 aliphatic rings. The molecule has 0 bridgehead atoms. The van der Waals surface area contributed by atoms with E-state index in [4.69, 9.17) is 10.5 Å². The van der Waals surface area contributed by atoms with Crippen molar-refractivity contribution >= 4 is 11.8 Å². The number of ether oxygens (including phenoxy) is 1. The van der Waals surface area contributed by atoms with Crippen LogP contribution >= 0.6 is 0 Å². The Kier molecular flexibility index (Phi) is 7.49. The van der Waals surface area contributed by atoms with Crippen molar-refractivity contribution in [3.63, 3.8) is 0 Å². The zero-order valence-electron chi connectivity index (χ0n) is 10.1. The molecule has 2 atom stereocenters. The maximum atomic E-state index is 11.4. The molecule has 6 heteroatoms. The number of hydrogen-bond donors (Lipinski definition) is 3. The Bertz CT molecular complexity index is 233. The summed E-state index contributed by atoms with van der Waals surface area (Å²) in [5.74, 6) is -0.506. The van der Waals surface area contributed by atoms with E-state index in [9.17, 15) is 9.59 Å². The van der Waals surface area contributed by atoms with E-state index in [2.05, 4.69) is 10.6 Å². The molecule has 0 saturated heterocycles. The van der Waals surface area contributed by atoms with Crippen LogP contribution in [-0.4, -0.2) is 44.2 Å². The summed E-state index contributed by atoms with van der Waals surface area (Å²) in [4.78, 5) is 22.0. The first-order valence-corrected chi connectivity index (χ1v) is 5.25. The van der Waals surface area contributed by atoms with Gasteiger partial charge in [-0.1, -0.05) is 0 Å². The number of carbonyl (C=O) groups is 2. The minimum atomic E-state index is -0.381. The van der Waals surface area contributed by atoms with Crippen molar-refractivity contribution in [3.05, 3.63) is 0 Å². The van der Waals surface area contributed by atoms with Gasteiger partial charge in [-0.15, -0.1) is 0 Å². The summed E-state index contributed by atoms with van der Waals surface area (Å²) in [6, 6.07) is -0.119. The van der Waals surface area contributed by atoms with E-state index in [-0.39, 0.29) is 36.9 Å². The Morgan fingerprint density at radius 3 is 2.44 bits per heavy atom. The van der Waals surface area contributed by atoms with E-state index in [1.165, 1.54) is 0 Å². The molecular weight excluding hydrogens is 210 g/mol. The fraction of sp³-hybridized carbons (Fsp3) is 0.800. The highest BCUT2D eigenvalue weighted by atomic mass is 16.5. The van der Waals surface area contributed by atoms with Crippen LogP contribution in [0.5, 0.6) is 0 Å². The molecule has 0 rings (SSSR count). The van der Waals surface area contributed by atoms with Crippen molar-refractivity contribution in [1.82, 2.24) is 10.6 Å². The summed E-state index contributed by atoms with van der Waals surface area (Å²) in [7, 11) is 1.58. The van der Waals surface area contributed by atoms with Crippen LogP contribution in [0.4, 0.5) is 0 Å². The molecule has 4 N–H and O–H groups in total. The summed E-state index contributed by atoms with van der Waals surface area (Å²) in [5, 5.41) is 5.65. The van der Waals surface area contributed by atoms with Gasteiger partial charge in [-0.05, 0) is 13.8 Å². The number of primary amides is 1. The molecule has 0 fully saturated rings. The van der Waals surface area contributed by atoms with Crippen LogP contribution in [0.25, 0.3) is 0 Å². The normalized spacial score (nSPS) is 14.2. The van der Waals surface area contributed by atoms with Gasteiger partial charge in [0.15, 0.2) is 0 Å². The largest absolute Gasteiger partial charge is 0.383 e.